The van der Waals surface area contributed by atoms with E-state index in [1.807, 2.05) is 6.08 Å². The van der Waals surface area contributed by atoms with Gasteiger partial charge in [0.25, 0.3) is 0 Å². The Labute approximate surface area is 155 Å². The van der Waals surface area contributed by atoms with Crippen LogP contribution in [-0.2, 0) is 15.9 Å². The van der Waals surface area contributed by atoms with E-state index in [1.165, 1.54) is 12.1 Å². The largest absolute Gasteiger partial charge is 0.352 e. The van der Waals surface area contributed by atoms with Gasteiger partial charge in [-0.1, -0.05) is 12.1 Å². The molecule has 2 aliphatic rings. The maximum Gasteiger partial charge on any atom is 0.160 e. The van der Waals surface area contributed by atoms with Crippen molar-refractivity contribution in [2.45, 2.75) is 57.7 Å². The molecule has 0 atom stereocenters. The minimum absolute atomic E-state index is 0.0397. The van der Waals surface area contributed by atoms with Crippen LogP contribution < -0.4 is 0 Å². The fourth-order valence-electron chi connectivity index (χ4n) is 4.17. The van der Waals surface area contributed by atoms with Gasteiger partial charge in [0.1, 0.15) is 0 Å². The Morgan fingerprint density at radius 1 is 0.962 bits per heavy atom. The van der Waals surface area contributed by atoms with Gasteiger partial charge >= 0.3 is 0 Å². The highest BCUT2D eigenvalue weighted by Gasteiger charge is 2.32. The molecule has 1 saturated carbocycles. The van der Waals surface area contributed by atoms with Crippen LogP contribution in [0.1, 0.15) is 50.5 Å². The smallest absolute Gasteiger partial charge is 0.160 e. The van der Waals surface area contributed by atoms with E-state index in [9.17, 15) is 8.78 Å². The molecule has 0 spiro atoms. The summed E-state index contributed by atoms with van der Waals surface area (Å²) in [7, 11) is 0. The maximum absolute atomic E-state index is 13.3. The standard InChI is InChI=1S/C22H30F2O2/c1-2-3-4-18-14-25-22(26-15-18)19-10-7-16(8-11-19)5-6-17-9-12-20(23)21(24)13-17/h2,9,12-13,16,18-19,22H,1,3-8,10-11,14-15H2. The molecule has 1 aliphatic heterocycles. The SMILES string of the molecule is C=CCCC1COC(C2CCC(CCc3ccc(F)c(F)c3)CC2)OC1. The number of rotatable bonds is 7. The molecule has 0 bridgehead atoms. The first-order valence-corrected chi connectivity index (χ1v) is 9.93. The summed E-state index contributed by atoms with van der Waals surface area (Å²) in [6, 6.07) is 4.24. The van der Waals surface area contributed by atoms with E-state index in [0.29, 0.717) is 17.8 Å². The number of aryl methyl sites for hydroxylation is 1. The lowest BCUT2D eigenvalue weighted by atomic mass is 9.79. The van der Waals surface area contributed by atoms with E-state index in [4.69, 9.17) is 9.47 Å². The van der Waals surface area contributed by atoms with E-state index < -0.39 is 11.6 Å². The number of hydrogen-bond acceptors (Lipinski definition) is 2. The molecule has 0 N–H and O–H groups in total. The molecule has 0 radical (unpaired) electrons. The minimum Gasteiger partial charge on any atom is -0.352 e. The van der Waals surface area contributed by atoms with Crippen molar-refractivity contribution in [1.82, 2.24) is 0 Å². The molecular formula is C22H30F2O2. The number of benzene rings is 1. The van der Waals surface area contributed by atoms with Gasteiger partial charge in [-0.15, -0.1) is 6.58 Å². The fourth-order valence-corrected chi connectivity index (χ4v) is 4.17. The number of ether oxygens (including phenoxy) is 2. The van der Waals surface area contributed by atoms with Gasteiger partial charge in [-0.25, -0.2) is 8.78 Å². The lowest BCUT2D eigenvalue weighted by Gasteiger charge is -2.37. The Morgan fingerprint density at radius 2 is 1.69 bits per heavy atom. The summed E-state index contributed by atoms with van der Waals surface area (Å²) in [5, 5.41) is 0. The van der Waals surface area contributed by atoms with Crippen molar-refractivity contribution in [2.75, 3.05) is 13.2 Å². The monoisotopic (exact) mass is 364 g/mol. The van der Waals surface area contributed by atoms with Crippen LogP contribution in [0.2, 0.25) is 0 Å². The molecular weight excluding hydrogens is 334 g/mol. The maximum atomic E-state index is 13.3. The summed E-state index contributed by atoms with van der Waals surface area (Å²) in [6.07, 6.45) is 10.5. The normalized spacial score (nSPS) is 29.5. The molecule has 0 aromatic heterocycles. The molecule has 1 aromatic rings. The highest BCUT2D eigenvalue weighted by molar-refractivity contribution is 5.17. The van der Waals surface area contributed by atoms with Gasteiger partial charge in [-0.2, -0.15) is 0 Å². The molecule has 2 fully saturated rings. The van der Waals surface area contributed by atoms with Gasteiger partial charge in [-0.3, -0.25) is 0 Å². The highest BCUT2D eigenvalue weighted by atomic mass is 19.2. The molecule has 4 heteroatoms. The molecule has 1 saturated heterocycles. The van der Waals surface area contributed by atoms with Crippen molar-refractivity contribution in [2.24, 2.45) is 17.8 Å². The topological polar surface area (TPSA) is 18.5 Å². The molecule has 1 heterocycles. The van der Waals surface area contributed by atoms with Crippen LogP contribution in [0.4, 0.5) is 8.78 Å². The third kappa shape index (κ3) is 5.37. The van der Waals surface area contributed by atoms with Crippen molar-refractivity contribution >= 4 is 0 Å². The van der Waals surface area contributed by atoms with Gasteiger partial charge < -0.3 is 9.47 Å². The van der Waals surface area contributed by atoms with E-state index in [2.05, 4.69) is 6.58 Å². The van der Waals surface area contributed by atoms with Gasteiger partial charge in [-0.05, 0) is 75.0 Å². The molecule has 1 aliphatic carbocycles. The van der Waals surface area contributed by atoms with Crippen LogP contribution in [0.15, 0.2) is 30.9 Å². The molecule has 0 unspecified atom stereocenters. The Balaban J connectivity index is 1.36. The van der Waals surface area contributed by atoms with E-state index in [0.717, 1.165) is 70.1 Å². The summed E-state index contributed by atoms with van der Waals surface area (Å²) in [4.78, 5) is 0. The van der Waals surface area contributed by atoms with Crippen LogP contribution in [0.3, 0.4) is 0 Å². The summed E-state index contributed by atoms with van der Waals surface area (Å²) < 4.78 is 38.3. The minimum atomic E-state index is -0.770. The van der Waals surface area contributed by atoms with Crippen molar-refractivity contribution in [1.29, 1.82) is 0 Å². The van der Waals surface area contributed by atoms with Crippen molar-refractivity contribution in [3.05, 3.63) is 48.1 Å². The molecule has 3 rings (SSSR count). The zero-order valence-electron chi connectivity index (χ0n) is 15.5. The molecule has 26 heavy (non-hydrogen) atoms. The first-order chi connectivity index (χ1) is 12.7. The summed E-state index contributed by atoms with van der Waals surface area (Å²) >= 11 is 0. The third-order valence-electron chi connectivity index (χ3n) is 5.87. The zero-order valence-corrected chi connectivity index (χ0v) is 15.5. The zero-order chi connectivity index (χ0) is 18.4. The highest BCUT2D eigenvalue weighted by Crippen LogP contribution is 2.36. The van der Waals surface area contributed by atoms with E-state index in [1.54, 1.807) is 6.07 Å². The van der Waals surface area contributed by atoms with Gasteiger partial charge in [0.15, 0.2) is 17.9 Å². The summed E-state index contributed by atoms with van der Waals surface area (Å²) in [6.45, 7) is 5.37. The number of halogens is 2. The Hall–Kier alpha value is -1.26. The van der Waals surface area contributed by atoms with Crippen molar-refractivity contribution in [3.63, 3.8) is 0 Å². The number of allylic oxidation sites excluding steroid dienone is 1. The second-order valence-electron chi connectivity index (χ2n) is 7.84. The lowest BCUT2D eigenvalue weighted by molar-refractivity contribution is -0.229. The third-order valence-corrected chi connectivity index (χ3v) is 5.87. The van der Waals surface area contributed by atoms with Crippen LogP contribution >= 0.6 is 0 Å². The average molecular weight is 364 g/mol. The predicted octanol–water partition coefficient (Wildman–Crippen LogP) is 5.66. The quantitative estimate of drug-likeness (QED) is 0.581. The molecule has 2 nitrogen and oxygen atoms in total. The first kappa shape index (κ1) is 19.5. The van der Waals surface area contributed by atoms with Crippen molar-refractivity contribution in [3.8, 4) is 0 Å². The molecule has 1 aromatic carbocycles. The van der Waals surface area contributed by atoms with Gasteiger partial charge in [0.05, 0.1) is 13.2 Å². The predicted molar refractivity (Wildman–Crippen MR) is 98.7 cm³/mol. The Morgan fingerprint density at radius 3 is 2.35 bits per heavy atom. The lowest BCUT2D eigenvalue weighted by Crippen LogP contribution is -2.38. The van der Waals surface area contributed by atoms with E-state index in [-0.39, 0.29) is 6.29 Å². The average Bonchev–Trinajstić information content (AvgIpc) is 2.68. The van der Waals surface area contributed by atoms with Crippen LogP contribution in [0, 0.1) is 29.4 Å². The number of hydrogen-bond donors (Lipinski definition) is 0. The van der Waals surface area contributed by atoms with E-state index >= 15 is 0 Å². The molecule has 0 amide bonds. The Kier molecular flexibility index (Phi) is 7.21. The summed E-state index contributed by atoms with van der Waals surface area (Å²) in [5.41, 5.74) is 0.885. The first-order valence-electron chi connectivity index (χ1n) is 9.93. The van der Waals surface area contributed by atoms with Crippen molar-refractivity contribution < 1.29 is 18.3 Å². The van der Waals surface area contributed by atoms with Crippen LogP contribution in [0.5, 0.6) is 0 Å². The van der Waals surface area contributed by atoms with Crippen LogP contribution in [-0.4, -0.2) is 19.5 Å². The molecule has 144 valence electrons. The second kappa shape index (κ2) is 9.61. The van der Waals surface area contributed by atoms with Crippen LogP contribution in [0.25, 0.3) is 0 Å². The Bertz CT molecular complexity index is 574. The van der Waals surface area contributed by atoms with Gasteiger partial charge in [0, 0.05) is 11.8 Å². The fraction of sp³-hybridized carbons (Fsp3) is 0.636. The second-order valence-corrected chi connectivity index (χ2v) is 7.84. The van der Waals surface area contributed by atoms with Gasteiger partial charge in [0.2, 0.25) is 0 Å². The summed E-state index contributed by atoms with van der Waals surface area (Å²) in [5.74, 6) is 0.132.